The fraction of sp³-hybridized carbons (Fsp3) is 0.0714. The Bertz CT molecular complexity index is 883. The number of hydrogen-bond acceptors (Lipinski definition) is 4. The average molecular weight is 324 g/mol. The number of sulfone groups is 1. The SMILES string of the molecule is Cc1ccc(S(=O)(=O)c2nc3ccc(Cl)cc3s2)cc1. The van der Waals surface area contributed by atoms with Gasteiger partial charge in [0.05, 0.1) is 15.1 Å². The van der Waals surface area contributed by atoms with Crippen molar-refractivity contribution in [3.63, 3.8) is 0 Å². The molecule has 6 heteroatoms. The van der Waals surface area contributed by atoms with Crippen LogP contribution in [0.15, 0.2) is 51.7 Å². The van der Waals surface area contributed by atoms with Crippen molar-refractivity contribution >= 4 is 43.0 Å². The summed E-state index contributed by atoms with van der Waals surface area (Å²) < 4.78 is 25.9. The maximum Gasteiger partial charge on any atom is 0.233 e. The minimum absolute atomic E-state index is 0.0959. The van der Waals surface area contributed by atoms with Crippen molar-refractivity contribution in [3.8, 4) is 0 Å². The van der Waals surface area contributed by atoms with Gasteiger partial charge in [-0.05, 0) is 37.3 Å². The summed E-state index contributed by atoms with van der Waals surface area (Å²) in [5.74, 6) is 0. The van der Waals surface area contributed by atoms with Gasteiger partial charge in [-0.2, -0.15) is 0 Å². The van der Waals surface area contributed by atoms with Crippen molar-refractivity contribution in [3.05, 3.63) is 53.1 Å². The van der Waals surface area contributed by atoms with Crippen molar-refractivity contribution in [2.45, 2.75) is 16.2 Å². The Hall–Kier alpha value is -1.43. The predicted octanol–water partition coefficient (Wildman–Crippen LogP) is 4.09. The van der Waals surface area contributed by atoms with Crippen molar-refractivity contribution < 1.29 is 8.42 Å². The number of aromatic nitrogens is 1. The highest BCUT2D eigenvalue weighted by Gasteiger charge is 2.22. The number of halogens is 1. The molecule has 3 rings (SSSR count). The Balaban J connectivity index is 2.15. The molecule has 0 aliphatic rings. The first kappa shape index (κ1) is 13.5. The standard InChI is InChI=1S/C14H10ClNO2S2/c1-9-2-5-11(6-3-9)20(17,18)14-16-12-7-4-10(15)8-13(12)19-14/h2-8H,1H3. The lowest BCUT2D eigenvalue weighted by Gasteiger charge is -2.00. The van der Waals surface area contributed by atoms with Gasteiger partial charge in [0.2, 0.25) is 14.2 Å². The quantitative estimate of drug-likeness (QED) is 0.713. The Morgan fingerprint density at radius 1 is 1.10 bits per heavy atom. The molecule has 20 heavy (non-hydrogen) atoms. The van der Waals surface area contributed by atoms with E-state index in [0.29, 0.717) is 10.5 Å². The van der Waals surface area contributed by atoms with E-state index in [0.717, 1.165) is 21.6 Å². The summed E-state index contributed by atoms with van der Waals surface area (Å²) in [7, 11) is -3.57. The summed E-state index contributed by atoms with van der Waals surface area (Å²) in [6.45, 7) is 1.91. The van der Waals surface area contributed by atoms with E-state index in [1.54, 1.807) is 42.5 Å². The van der Waals surface area contributed by atoms with E-state index in [9.17, 15) is 8.42 Å². The van der Waals surface area contributed by atoms with Crippen molar-refractivity contribution in [1.82, 2.24) is 4.98 Å². The molecule has 0 bridgehead atoms. The van der Waals surface area contributed by atoms with E-state index in [1.165, 1.54) is 0 Å². The first-order valence-corrected chi connectivity index (χ1v) is 8.52. The van der Waals surface area contributed by atoms with Gasteiger partial charge in [-0.3, -0.25) is 0 Å². The molecule has 0 aliphatic carbocycles. The molecule has 1 aromatic heterocycles. The summed E-state index contributed by atoms with van der Waals surface area (Å²) in [6, 6.07) is 11.9. The lowest BCUT2D eigenvalue weighted by atomic mass is 10.2. The summed E-state index contributed by atoms with van der Waals surface area (Å²) in [5, 5.41) is 0.570. The maximum atomic E-state index is 12.5. The van der Waals surface area contributed by atoms with Gasteiger partial charge in [0.25, 0.3) is 0 Å². The van der Waals surface area contributed by atoms with E-state index < -0.39 is 9.84 Å². The highest BCUT2D eigenvalue weighted by molar-refractivity contribution is 7.93. The summed E-state index contributed by atoms with van der Waals surface area (Å²) in [4.78, 5) is 4.45. The van der Waals surface area contributed by atoms with Crippen LogP contribution in [-0.4, -0.2) is 13.4 Å². The van der Waals surface area contributed by atoms with E-state index in [1.807, 2.05) is 6.92 Å². The van der Waals surface area contributed by atoms with Crippen LogP contribution in [0.25, 0.3) is 10.2 Å². The lowest BCUT2D eigenvalue weighted by Crippen LogP contribution is -2.01. The zero-order valence-electron chi connectivity index (χ0n) is 10.5. The topological polar surface area (TPSA) is 47.0 Å². The number of thiazole rings is 1. The number of rotatable bonds is 2. The second kappa shape index (κ2) is 4.84. The molecule has 0 saturated heterocycles. The van der Waals surface area contributed by atoms with Crippen LogP contribution in [0.1, 0.15) is 5.56 Å². The second-order valence-electron chi connectivity index (χ2n) is 4.41. The molecule has 3 nitrogen and oxygen atoms in total. The minimum Gasteiger partial charge on any atom is -0.225 e. The molecule has 3 aromatic rings. The normalized spacial score (nSPS) is 11.9. The molecule has 1 heterocycles. The minimum atomic E-state index is -3.57. The van der Waals surface area contributed by atoms with Gasteiger partial charge in [-0.1, -0.05) is 29.3 Å². The van der Waals surface area contributed by atoms with Gasteiger partial charge < -0.3 is 0 Å². The van der Waals surface area contributed by atoms with Crippen molar-refractivity contribution in [1.29, 1.82) is 0 Å². The van der Waals surface area contributed by atoms with Crippen LogP contribution in [-0.2, 0) is 9.84 Å². The molecular weight excluding hydrogens is 314 g/mol. The number of benzene rings is 2. The van der Waals surface area contributed by atoms with Crippen molar-refractivity contribution in [2.75, 3.05) is 0 Å². The molecule has 0 N–H and O–H groups in total. The molecule has 0 atom stereocenters. The van der Waals surface area contributed by atoms with Gasteiger partial charge >= 0.3 is 0 Å². The Morgan fingerprint density at radius 2 is 1.80 bits per heavy atom. The highest BCUT2D eigenvalue weighted by atomic mass is 35.5. The van der Waals surface area contributed by atoms with Crippen LogP contribution in [0.5, 0.6) is 0 Å². The number of nitrogens with zero attached hydrogens (tertiary/aromatic N) is 1. The first-order valence-electron chi connectivity index (χ1n) is 5.85. The largest absolute Gasteiger partial charge is 0.233 e. The highest BCUT2D eigenvalue weighted by Crippen LogP contribution is 2.31. The fourth-order valence-electron chi connectivity index (χ4n) is 1.81. The maximum absolute atomic E-state index is 12.5. The van der Waals surface area contributed by atoms with Gasteiger partial charge in [0.1, 0.15) is 0 Å². The molecule has 0 saturated carbocycles. The zero-order valence-corrected chi connectivity index (χ0v) is 12.9. The van der Waals surface area contributed by atoms with Crippen molar-refractivity contribution in [2.24, 2.45) is 0 Å². The van der Waals surface area contributed by atoms with Crippen LogP contribution >= 0.6 is 22.9 Å². The number of fused-ring (bicyclic) bond motifs is 1. The molecule has 0 unspecified atom stereocenters. The number of aryl methyl sites for hydroxylation is 1. The summed E-state index contributed by atoms with van der Waals surface area (Å²) in [5.41, 5.74) is 1.66. The van der Waals surface area contributed by atoms with Gasteiger partial charge in [0, 0.05) is 5.02 Å². The fourth-order valence-corrected chi connectivity index (χ4v) is 4.69. The third-order valence-corrected chi connectivity index (χ3v) is 6.29. The predicted molar refractivity (Wildman–Crippen MR) is 81.3 cm³/mol. The van der Waals surface area contributed by atoms with Gasteiger partial charge in [-0.15, -0.1) is 11.3 Å². The Morgan fingerprint density at radius 3 is 2.50 bits per heavy atom. The molecule has 0 fully saturated rings. The van der Waals surface area contributed by atoms with Gasteiger partial charge in [0.15, 0.2) is 0 Å². The van der Waals surface area contributed by atoms with Crippen LogP contribution in [0.4, 0.5) is 0 Å². The monoisotopic (exact) mass is 323 g/mol. The average Bonchev–Trinajstić information content (AvgIpc) is 2.83. The van der Waals surface area contributed by atoms with Crippen LogP contribution in [0.3, 0.4) is 0 Å². The summed E-state index contributed by atoms with van der Waals surface area (Å²) >= 11 is 7.04. The molecule has 0 aliphatic heterocycles. The third-order valence-electron chi connectivity index (χ3n) is 2.89. The molecule has 0 amide bonds. The first-order chi connectivity index (χ1) is 9.46. The summed E-state index contributed by atoms with van der Waals surface area (Å²) in [6.07, 6.45) is 0. The van der Waals surface area contributed by atoms with E-state index in [-0.39, 0.29) is 9.24 Å². The molecule has 0 spiro atoms. The molecule has 2 aromatic carbocycles. The Kier molecular flexibility index (Phi) is 3.28. The van der Waals surface area contributed by atoms with E-state index in [2.05, 4.69) is 4.98 Å². The lowest BCUT2D eigenvalue weighted by molar-refractivity contribution is 0.595. The molecule has 0 radical (unpaired) electrons. The van der Waals surface area contributed by atoms with E-state index in [4.69, 9.17) is 11.6 Å². The van der Waals surface area contributed by atoms with Crippen LogP contribution in [0, 0.1) is 6.92 Å². The van der Waals surface area contributed by atoms with Crippen LogP contribution in [0.2, 0.25) is 5.02 Å². The van der Waals surface area contributed by atoms with Crippen LogP contribution < -0.4 is 0 Å². The van der Waals surface area contributed by atoms with Gasteiger partial charge in [-0.25, -0.2) is 13.4 Å². The Labute approximate surface area is 125 Å². The second-order valence-corrected chi connectivity index (χ2v) is 8.00. The smallest absolute Gasteiger partial charge is 0.225 e. The molecular formula is C14H10ClNO2S2. The molecule has 102 valence electrons. The van der Waals surface area contributed by atoms with E-state index >= 15 is 0 Å². The third kappa shape index (κ3) is 2.32. The zero-order chi connectivity index (χ0) is 14.3. The number of hydrogen-bond donors (Lipinski definition) is 0.